The quantitative estimate of drug-likeness (QED) is 0.406. The normalized spacial score (nSPS) is 12.9. The van der Waals surface area contributed by atoms with Crippen molar-refractivity contribution in [3.63, 3.8) is 0 Å². The molecule has 0 fully saturated rings. The van der Waals surface area contributed by atoms with Crippen molar-refractivity contribution in [3.05, 3.63) is 16.4 Å². The Labute approximate surface area is 116 Å². The Balaban J connectivity index is 2.65. The molecule has 1 unspecified atom stereocenters. The fourth-order valence-electron chi connectivity index (χ4n) is 1.66. The molecule has 1 heterocycles. The standard InChI is InChI=1S/C11H21BrN4O2/c1-3-4-16-11(9(12)7-14-16)10(15-13)8-18-6-5-17-2/h7,10,15H,3-6,8,13H2,1-2H3. The van der Waals surface area contributed by atoms with E-state index in [0.717, 1.165) is 23.1 Å². The zero-order chi connectivity index (χ0) is 13.4. The van der Waals surface area contributed by atoms with Crippen LogP contribution >= 0.6 is 15.9 Å². The number of nitrogens with one attached hydrogen (secondary N) is 1. The van der Waals surface area contributed by atoms with Crippen molar-refractivity contribution in [2.75, 3.05) is 26.9 Å². The summed E-state index contributed by atoms with van der Waals surface area (Å²) < 4.78 is 13.3. The number of methoxy groups -OCH3 is 1. The molecule has 0 amide bonds. The first-order valence-corrected chi connectivity index (χ1v) is 6.77. The van der Waals surface area contributed by atoms with Gasteiger partial charge < -0.3 is 9.47 Å². The van der Waals surface area contributed by atoms with Crippen molar-refractivity contribution >= 4 is 15.9 Å². The van der Waals surface area contributed by atoms with E-state index < -0.39 is 0 Å². The first-order valence-electron chi connectivity index (χ1n) is 5.98. The van der Waals surface area contributed by atoms with Crippen LogP contribution in [0.25, 0.3) is 0 Å². The van der Waals surface area contributed by atoms with Gasteiger partial charge in [0.05, 0.1) is 42.2 Å². The van der Waals surface area contributed by atoms with E-state index in [1.807, 2.05) is 4.68 Å². The van der Waals surface area contributed by atoms with Gasteiger partial charge in [0.1, 0.15) is 0 Å². The molecule has 0 aromatic carbocycles. The van der Waals surface area contributed by atoms with E-state index in [1.165, 1.54) is 0 Å². The summed E-state index contributed by atoms with van der Waals surface area (Å²) >= 11 is 3.49. The minimum absolute atomic E-state index is 0.0923. The van der Waals surface area contributed by atoms with Crippen molar-refractivity contribution in [3.8, 4) is 0 Å². The number of nitrogens with two attached hydrogens (primary N) is 1. The Morgan fingerprint density at radius 2 is 2.33 bits per heavy atom. The number of aromatic nitrogens is 2. The molecule has 6 nitrogen and oxygen atoms in total. The van der Waals surface area contributed by atoms with Gasteiger partial charge >= 0.3 is 0 Å². The number of rotatable bonds is 9. The number of hydrogen-bond acceptors (Lipinski definition) is 5. The number of halogens is 1. The topological polar surface area (TPSA) is 74.3 Å². The molecule has 1 rings (SSSR count). The van der Waals surface area contributed by atoms with Gasteiger partial charge in [-0.1, -0.05) is 6.92 Å². The molecular weight excluding hydrogens is 300 g/mol. The minimum Gasteiger partial charge on any atom is -0.382 e. The second-order valence-electron chi connectivity index (χ2n) is 3.89. The highest BCUT2D eigenvalue weighted by Crippen LogP contribution is 2.23. The molecule has 18 heavy (non-hydrogen) atoms. The van der Waals surface area contributed by atoms with E-state index in [2.05, 4.69) is 33.4 Å². The van der Waals surface area contributed by atoms with Crippen LogP contribution in [0.4, 0.5) is 0 Å². The van der Waals surface area contributed by atoms with Gasteiger partial charge in [0.15, 0.2) is 0 Å². The van der Waals surface area contributed by atoms with E-state index in [4.69, 9.17) is 15.3 Å². The average molecular weight is 321 g/mol. The molecule has 0 aliphatic rings. The molecule has 1 aromatic rings. The Morgan fingerprint density at radius 1 is 1.56 bits per heavy atom. The molecule has 3 N–H and O–H groups in total. The van der Waals surface area contributed by atoms with Crippen LogP contribution in [0.15, 0.2) is 10.7 Å². The number of hydrazine groups is 1. The number of ether oxygens (including phenoxy) is 2. The summed E-state index contributed by atoms with van der Waals surface area (Å²) in [5, 5.41) is 4.31. The van der Waals surface area contributed by atoms with Gasteiger partial charge in [0.2, 0.25) is 0 Å². The van der Waals surface area contributed by atoms with Gasteiger partial charge in [-0.3, -0.25) is 10.5 Å². The maximum absolute atomic E-state index is 5.59. The summed E-state index contributed by atoms with van der Waals surface area (Å²) in [6.45, 7) is 4.57. The van der Waals surface area contributed by atoms with Crippen molar-refractivity contribution in [1.29, 1.82) is 0 Å². The molecule has 0 radical (unpaired) electrons. The fraction of sp³-hybridized carbons (Fsp3) is 0.727. The smallest absolute Gasteiger partial charge is 0.0873 e. The summed E-state index contributed by atoms with van der Waals surface area (Å²) in [6, 6.07) is -0.0923. The zero-order valence-corrected chi connectivity index (χ0v) is 12.4. The van der Waals surface area contributed by atoms with E-state index in [9.17, 15) is 0 Å². The minimum atomic E-state index is -0.0923. The first-order chi connectivity index (χ1) is 8.74. The van der Waals surface area contributed by atoms with Gasteiger partial charge in [-0.25, -0.2) is 5.43 Å². The molecular formula is C11H21BrN4O2. The van der Waals surface area contributed by atoms with Crippen LogP contribution in [0.2, 0.25) is 0 Å². The Bertz CT molecular complexity index is 346. The molecule has 0 saturated carbocycles. The van der Waals surface area contributed by atoms with Gasteiger partial charge in [0, 0.05) is 13.7 Å². The largest absolute Gasteiger partial charge is 0.382 e. The Hall–Kier alpha value is -0.470. The molecule has 0 saturated heterocycles. The maximum atomic E-state index is 5.59. The van der Waals surface area contributed by atoms with Gasteiger partial charge in [-0.05, 0) is 22.4 Å². The van der Waals surface area contributed by atoms with Crippen LogP contribution in [-0.4, -0.2) is 36.7 Å². The van der Waals surface area contributed by atoms with Crippen LogP contribution < -0.4 is 11.3 Å². The first kappa shape index (κ1) is 15.6. The van der Waals surface area contributed by atoms with Crippen LogP contribution in [0.1, 0.15) is 25.1 Å². The number of aryl methyl sites for hydroxylation is 1. The molecule has 0 aliphatic heterocycles. The lowest BCUT2D eigenvalue weighted by Crippen LogP contribution is -2.33. The predicted molar refractivity (Wildman–Crippen MR) is 73.0 cm³/mol. The van der Waals surface area contributed by atoms with Crippen LogP contribution in [-0.2, 0) is 16.0 Å². The van der Waals surface area contributed by atoms with Crippen LogP contribution in [0.3, 0.4) is 0 Å². The summed E-state index contributed by atoms with van der Waals surface area (Å²) in [5.41, 5.74) is 3.78. The lowest BCUT2D eigenvalue weighted by atomic mass is 10.2. The summed E-state index contributed by atoms with van der Waals surface area (Å²) in [4.78, 5) is 0. The Kier molecular flexibility index (Phi) is 7.45. The second-order valence-corrected chi connectivity index (χ2v) is 4.74. The third kappa shape index (κ3) is 4.33. The lowest BCUT2D eigenvalue weighted by Gasteiger charge is -2.18. The third-order valence-electron chi connectivity index (χ3n) is 2.52. The predicted octanol–water partition coefficient (Wildman–Crippen LogP) is 1.22. The number of hydrogen-bond donors (Lipinski definition) is 2. The molecule has 1 aromatic heterocycles. The van der Waals surface area contributed by atoms with Gasteiger partial charge in [0.25, 0.3) is 0 Å². The highest BCUT2D eigenvalue weighted by molar-refractivity contribution is 9.10. The lowest BCUT2D eigenvalue weighted by molar-refractivity contribution is 0.0572. The van der Waals surface area contributed by atoms with Crippen molar-refractivity contribution < 1.29 is 9.47 Å². The molecule has 7 heteroatoms. The third-order valence-corrected chi connectivity index (χ3v) is 3.13. The van der Waals surface area contributed by atoms with Gasteiger partial charge in [-0.15, -0.1) is 0 Å². The Morgan fingerprint density at radius 3 is 2.94 bits per heavy atom. The highest BCUT2D eigenvalue weighted by Gasteiger charge is 2.18. The molecule has 1 atom stereocenters. The second kappa shape index (κ2) is 8.60. The molecule has 0 bridgehead atoms. The summed E-state index contributed by atoms with van der Waals surface area (Å²) in [6.07, 6.45) is 2.80. The van der Waals surface area contributed by atoms with E-state index >= 15 is 0 Å². The van der Waals surface area contributed by atoms with Crippen LogP contribution in [0.5, 0.6) is 0 Å². The monoisotopic (exact) mass is 320 g/mol. The van der Waals surface area contributed by atoms with Crippen molar-refractivity contribution in [2.45, 2.75) is 25.9 Å². The maximum Gasteiger partial charge on any atom is 0.0873 e. The summed E-state index contributed by atoms with van der Waals surface area (Å²) in [5.74, 6) is 5.59. The molecule has 0 spiro atoms. The molecule has 104 valence electrons. The van der Waals surface area contributed by atoms with Gasteiger partial charge in [-0.2, -0.15) is 5.10 Å². The molecule has 0 aliphatic carbocycles. The summed E-state index contributed by atoms with van der Waals surface area (Å²) in [7, 11) is 1.65. The average Bonchev–Trinajstić information content (AvgIpc) is 2.72. The van der Waals surface area contributed by atoms with Crippen LogP contribution in [0, 0.1) is 0 Å². The fourth-order valence-corrected chi connectivity index (χ4v) is 2.23. The van der Waals surface area contributed by atoms with E-state index in [1.54, 1.807) is 13.3 Å². The zero-order valence-electron chi connectivity index (χ0n) is 10.9. The van der Waals surface area contributed by atoms with Crippen molar-refractivity contribution in [1.82, 2.24) is 15.2 Å². The number of nitrogens with zero attached hydrogens (tertiary/aromatic N) is 2. The SMILES string of the molecule is CCCn1ncc(Br)c1C(COCCOC)NN. The van der Waals surface area contributed by atoms with Crippen molar-refractivity contribution in [2.24, 2.45) is 5.84 Å². The van der Waals surface area contributed by atoms with E-state index in [0.29, 0.717) is 19.8 Å². The highest BCUT2D eigenvalue weighted by atomic mass is 79.9. The van der Waals surface area contributed by atoms with E-state index in [-0.39, 0.29) is 6.04 Å².